The average Bonchev–Trinajstić information content (AvgIpc) is 3.11. The Balaban J connectivity index is 1.76. The molecule has 1 aromatic carbocycles. The number of rotatable bonds is 5. The summed E-state index contributed by atoms with van der Waals surface area (Å²) in [6.07, 6.45) is 2.12. The van der Waals surface area contributed by atoms with Crippen LogP contribution in [0.15, 0.2) is 30.3 Å². The van der Waals surface area contributed by atoms with Gasteiger partial charge in [0.2, 0.25) is 5.91 Å². The third kappa shape index (κ3) is 4.05. The maximum atomic E-state index is 11.4. The van der Waals surface area contributed by atoms with E-state index in [9.17, 15) is 4.79 Å². The summed E-state index contributed by atoms with van der Waals surface area (Å²) < 4.78 is 6.47. The predicted molar refractivity (Wildman–Crippen MR) is 108 cm³/mol. The summed E-state index contributed by atoms with van der Waals surface area (Å²) in [5.41, 5.74) is 7.05. The Hall–Kier alpha value is -2.22. The largest absolute Gasteiger partial charge is 0.379 e. The van der Waals surface area contributed by atoms with Crippen LogP contribution in [-0.2, 0) is 16.0 Å². The lowest BCUT2D eigenvalue weighted by atomic mass is 10.1. The van der Waals surface area contributed by atoms with E-state index in [4.69, 9.17) is 22.1 Å². The molecule has 0 aliphatic carbocycles. The molecule has 4 rings (SSSR count). The number of nitrogens with zero attached hydrogens (tertiary/aromatic N) is 2. The quantitative estimate of drug-likeness (QED) is 0.680. The van der Waals surface area contributed by atoms with E-state index < -0.39 is 5.91 Å². The van der Waals surface area contributed by atoms with E-state index in [1.807, 2.05) is 24.3 Å². The molecule has 8 heteroatoms. The van der Waals surface area contributed by atoms with Crippen LogP contribution < -0.4 is 11.1 Å². The minimum absolute atomic E-state index is 0.0664. The van der Waals surface area contributed by atoms with Gasteiger partial charge in [-0.1, -0.05) is 23.7 Å². The van der Waals surface area contributed by atoms with Gasteiger partial charge in [0, 0.05) is 21.9 Å². The topological polar surface area (TPSA) is 90.1 Å². The Morgan fingerprint density at radius 1 is 1.33 bits per heavy atom. The van der Waals surface area contributed by atoms with Crippen LogP contribution in [0.4, 0.5) is 5.82 Å². The predicted octanol–water partition coefficient (Wildman–Crippen LogP) is 3.63. The van der Waals surface area contributed by atoms with Crippen LogP contribution in [0.25, 0.3) is 20.5 Å². The number of nitrogens with one attached hydrogen (secondary N) is 1. The molecule has 2 aromatic heterocycles. The molecule has 1 aliphatic heterocycles. The van der Waals surface area contributed by atoms with E-state index in [1.54, 1.807) is 11.3 Å². The number of hydrogen-bond donors (Lipinski definition) is 2. The first-order valence-electron chi connectivity index (χ1n) is 8.78. The van der Waals surface area contributed by atoms with Gasteiger partial charge in [0.1, 0.15) is 0 Å². The van der Waals surface area contributed by atoms with Gasteiger partial charge in [-0.25, -0.2) is 0 Å². The second-order valence-electron chi connectivity index (χ2n) is 6.56. The number of amides is 1. The zero-order chi connectivity index (χ0) is 18.8. The Labute approximate surface area is 165 Å². The van der Waals surface area contributed by atoms with Crippen molar-refractivity contribution in [2.75, 3.05) is 18.5 Å². The second kappa shape index (κ2) is 7.80. The lowest BCUT2D eigenvalue weighted by molar-refractivity contribution is -0.117. The molecule has 1 unspecified atom stereocenters. The highest BCUT2D eigenvalue weighted by molar-refractivity contribution is 7.22. The number of thiophene rings is 1. The molecule has 0 saturated carbocycles. The Morgan fingerprint density at radius 3 is 2.85 bits per heavy atom. The van der Waals surface area contributed by atoms with Crippen molar-refractivity contribution in [1.82, 2.24) is 10.2 Å². The minimum Gasteiger partial charge on any atom is -0.379 e. The van der Waals surface area contributed by atoms with Crippen molar-refractivity contribution in [3.63, 3.8) is 0 Å². The Bertz CT molecular complexity index is 968. The molecule has 6 nitrogen and oxygen atoms in total. The van der Waals surface area contributed by atoms with Crippen molar-refractivity contribution in [2.24, 2.45) is 5.73 Å². The first kappa shape index (κ1) is 18.2. The molecular weight excluding hydrogens is 384 g/mol. The second-order valence-corrected chi connectivity index (χ2v) is 8.05. The van der Waals surface area contributed by atoms with E-state index in [0.717, 1.165) is 40.0 Å². The maximum absolute atomic E-state index is 11.4. The maximum Gasteiger partial charge on any atom is 0.223 e. The molecule has 3 heterocycles. The van der Waals surface area contributed by atoms with Crippen LogP contribution in [0.5, 0.6) is 0 Å². The number of benzene rings is 1. The monoisotopic (exact) mass is 402 g/mol. The summed E-state index contributed by atoms with van der Waals surface area (Å²) >= 11 is 7.58. The molecule has 0 bridgehead atoms. The standard InChI is InChI=1S/C19H19ClN4O2S/c20-12-5-3-11(4-6-12)16-8-14-18(27-16)15(9-17(21)25)23-24-19(14)22-13-2-1-7-26-10-13/h3-6,8,13H,1-2,7,9-10H2,(H2,21,25)(H,22,24). The number of aromatic nitrogens is 2. The Kier molecular flexibility index (Phi) is 5.24. The number of fused-ring (bicyclic) bond motifs is 1. The number of hydrogen-bond acceptors (Lipinski definition) is 6. The SMILES string of the molecule is NC(=O)Cc1nnc(NC2CCCOC2)c2cc(-c3ccc(Cl)cc3)sc12. The van der Waals surface area contributed by atoms with Crippen LogP contribution in [0.2, 0.25) is 5.02 Å². The van der Waals surface area contributed by atoms with Gasteiger partial charge in [0.15, 0.2) is 5.82 Å². The zero-order valence-corrected chi connectivity index (χ0v) is 16.1. The summed E-state index contributed by atoms with van der Waals surface area (Å²) in [4.78, 5) is 12.5. The van der Waals surface area contributed by atoms with Crippen LogP contribution in [0, 0.1) is 0 Å². The summed E-state index contributed by atoms with van der Waals surface area (Å²) in [6, 6.07) is 9.96. The summed E-state index contributed by atoms with van der Waals surface area (Å²) in [6.45, 7) is 1.45. The molecule has 0 radical (unpaired) electrons. The van der Waals surface area contributed by atoms with Crippen molar-refractivity contribution in [3.05, 3.63) is 41.0 Å². The number of primary amides is 1. The fraction of sp³-hybridized carbons (Fsp3) is 0.316. The molecule has 1 fully saturated rings. The molecule has 1 aliphatic rings. The molecule has 0 spiro atoms. The van der Waals surface area contributed by atoms with E-state index in [1.165, 1.54) is 0 Å². The summed E-state index contributed by atoms with van der Waals surface area (Å²) in [5, 5.41) is 13.7. The van der Waals surface area contributed by atoms with Crippen molar-refractivity contribution in [2.45, 2.75) is 25.3 Å². The van der Waals surface area contributed by atoms with E-state index in [0.29, 0.717) is 23.1 Å². The number of anilines is 1. The number of halogens is 1. The fourth-order valence-corrected chi connectivity index (χ4v) is 4.46. The van der Waals surface area contributed by atoms with Gasteiger partial charge in [-0.2, -0.15) is 5.10 Å². The van der Waals surface area contributed by atoms with E-state index in [2.05, 4.69) is 21.6 Å². The van der Waals surface area contributed by atoms with Crippen molar-refractivity contribution in [1.29, 1.82) is 0 Å². The van der Waals surface area contributed by atoms with Gasteiger partial charge in [0.25, 0.3) is 0 Å². The van der Waals surface area contributed by atoms with Gasteiger partial charge < -0.3 is 15.8 Å². The molecule has 3 N–H and O–H groups in total. The van der Waals surface area contributed by atoms with Crippen molar-refractivity contribution < 1.29 is 9.53 Å². The molecular formula is C19H19ClN4O2S. The normalized spacial score (nSPS) is 17.1. The number of carbonyl (C=O) groups is 1. The van der Waals surface area contributed by atoms with Crippen molar-refractivity contribution in [3.8, 4) is 10.4 Å². The third-order valence-corrected chi connectivity index (χ3v) is 5.98. The van der Waals surface area contributed by atoms with Gasteiger partial charge in [-0.15, -0.1) is 16.4 Å². The molecule has 1 atom stereocenters. The lowest BCUT2D eigenvalue weighted by Crippen LogP contribution is -2.30. The fourth-order valence-electron chi connectivity index (χ4n) is 3.18. The highest BCUT2D eigenvalue weighted by Gasteiger charge is 2.19. The molecule has 140 valence electrons. The van der Waals surface area contributed by atoms with Crippen LogP contribution >= 0.6 is 22.9 Å². The van der Waals surface area contributed by atoms with E-state index in [-0.39, 0.29) is 12.5 Å². The number of carbonyl (C=O) groups excluding carboxylic acids is 1. The van der Waals surface area contributed by atoms with E-state index >= 15 is 0 Å². The van der Waals surface area contributed by atoms with Crippen LogP contribution in [-0.4, -0.2) is 35.4 Å². The highest BCUT2D eigenvalue weighted by atomic mass is 35.5. The summed E-state index contributed by atoms with van der Waals surface area (Å²) in [7, 11) is 0. The molecule has 27 heavy (non-hydrogen) atoms. The molecule has 1 amide bonds. The van der Waals surface area contributed by atoms with Crippen LogP contribution in [0.3, 0.4) is 0 Å². The Morgan fingerprint density at radius 2 is 2.15 bits per heavy atom. The first-order chi connectivity index (χ1) is 13.1. The van der Waals surface area contributed by atoms with Gasteiger partial charge in [-0.05, 0) is 36.6 Å². The number of ether oxygens (including phenoxy) is 1. The lowest BCUT2D eigenvalue weighted by Gasteiger charge is -2.23. The third-order valence-electron chi connectivity index (χ3n) is 4.49. The smallest absolute Gasteiger partial charge is 0.223 e. The van der Waals surface area contributed by atoms with Gasteiger partial charge >= 0.3 is 0 Å². The average molecular weight is 403 g/mol. The minimum atomic E-state index is -0.423. The number of nitrogens with two attached hydrogens (primary N) is 1. The van der Waals surface area contributed by atoms with Crippen molar-refractivity contribution >= 4 is 44.7 Å². The molecule has 3 aromatic rings. The zero-order valence-electron chi connectivity index (χ0n) is 14.6. The highest BCUT2D eigenvalue weighted by Crippen LogP contribution is 2.38. The first-order valence-corrected chi connectivity index (χ1v) is 9.97. The molecule has 1 saturated heterocycles. The van der Waals surface area contributed by atoms with Gasteiger partial charge in [0.05, 0.1) is 29.5 Å². The van der Waals surface area contributed by atoms with Crippen LogP contribution in [0.1, 0.15) is 18.5 Å². The summed E-state index contributed by atoms with van der Waals surface area (Å²) in [5.74, 6) is 0.290. The van der Waals surface area contributed by atoms with Gasteiger partial charge in [-0.3, -0.25) is 4.79 Å².